The van der Waals surface area contributed by atoms with Gasteiger partial charge in [-0.2, -0.15) is 0 Å². The molecule has 0 bridgehead atoms. The Kier molecular flexibility index (Phi) is 4.95. The van der Waals surface area contributed by atoms with Gasteiger partial charge in [-0.3, -0.25) is 0 Å². The molecule has 1 amide bonds. The molecular formula is C15H19FN4O3. The molecule has 1 aromatic rings. The Morgan fingerprint density at radius 2 is 2.22 bits per heavy atom. The molecule has 124 valence electrons. The number of ether oxygens (including phenoxy) is 2. The van der Waals surface area contributed by atoms with Crippen LogP contribution in [0.1, 0.15) is 27.2 Å². The average molecular weight is 322 g/mol. The number of carbonyl (C=O) groups excluding carboxylic acids is 1. The highest BCUT2D eigenvalue weighted by Crippen LogP contribution is 2.32. The maximum Gasteiger partial charge on any atom is 0.410 e. The molecule has 1 saturated heterocycles. The highest BCUT2D eigenvalue weighted by Gasteiger charge is 2.31. The molecule has 0 saturated carbocycles. The van der Waals surface area contributed by atoms with Crippen LogP contribution in [0.2, 0.25) is 0 Å². The summed E-state index contributed by atoms with van der Waals surface area (Å²) in [6, 6.07) is 4.20. The molecule has 1 aliphatic heterocycles. The summed E-state index contributed by atoms with van der Waals surface area (Å²) < 4.78 is 24.7. The van der Waals surface area contributed by atoms with Crippen LogP contribution >= 0.6 is 0 Å². The summed E-state index contributed by atoms with van der Waals surface area (Å²) in [5, 5.41) is 3.33. The van der Waals surface area contributed by atoms with Gasteiger partial charge in [0.05, 0.1) is 6.54 Å². The zero-order valence-corrected chi connectivity index (χ0v) is 13.3. The topological polar surface area (TPSA) is 87.5 Å². The number of hydrogen-bond donors (Lipinski definition) is 0. The first kappa shape index (κ1) is 16.9. The van der Waals surface area contributed by atoms with Crippen molar-refractivity contribution >= 4 is 11.8 Å². The molecule has 8 heteroatoms. The van der Waals surface area contributed by atoms with Crippen molar-refractivity contribution in [2.75, 3.05) is 13.1 Å². The van der Waals surface area contributed by atoms with Gasteiger partial charge in [-0.05, 0) is 38.4 Å². The normalized spacial score (nSPS) is 17.6. The first-order chi connectivity index (χ1) is 10.8. The second-order valence-electron chi connectivity index (χ2n) is 6.23. The van der Waals surface area contributed by atoms with Crippen LogP contribution in [0.5, 0.6) is 5.75 Å². The van der Waals surface area contributed by atoms with E-state index in [0.717, 1.165) is 0 Å². The molecule has 1 aromatic carbocycles. The third kappa shape index (κ3) is 4.50. The fourth-order valence-electron chi connectivity index (χ4n) is 2.23. The molecule has 0 aliphatic carbocycles. The Hall–Kier alpha value is -2.47. The number of halogens is 1. The van der Waals surface area contributed by atoms with Gasteiger partial charge in [0.15, 0.2) is 0 Å². The lowest BCUT2D eigenvalue weighted by Gasteiger charge is -2.24. The van der Waals surface area contributed by atoms with Crippen molar-refractivity contribution in [3.63, 3.8) is 0 Å². The molecular weight excluding hydrogens is 303 g/mol. The van der Waals surface area contributed by atoms with Crippen LogP contribution in [0, 0.1) is 5.82 Å². The standard InChI is InChI=1S/C15H19FN4O3/c1-15(2,3)23-14(21)20-8-7-10(9-20)22-12-6-4-5-11(16)13(12)18-19-17/h4-6,10H,7-9H2,1-3H3. The molecule has 7 nitrogen and oxygen atoms in total. The Bertz CT molecular complexity index is 638. The lowest BCUT2D eigenvalue weighted by atomic mass is 10.2. The molecule has 0 spiro atoms. The van der Waals surface area contributed by atoms with Gasteiger partial charge in [0.1, 0.15) is 29.0 Å². The van der Waals surface area contributed by atoms with Gasteiger partial charge in [-0.1, -0.05) is 11.2 Å². The predicted octanol–water partition coefficient (Wildman–Crippen LogP) is 4.16. The monoisotopic (exact) mass is 322 g/mol. The van der Waals surface area contributed by atoms with Crippen LogP contribution in [0.4, 0.5) is 14.9 Å². The highest BCUT2D eigenvalue weighted by atomic mass is 19.1. The second-order valence-corrected chi connectivity index (χ2v) is 6.23. The average Bonchev–Trinajstić information content (AvgIpc) is 2.89. The summed E-state index contributed by atoms with van der Waals surface area (Å²) in [6.45, 7) is 6.22. The van der Waals surface area contributed by atoms with E-state index in [2.05, 4.69) is 10.0 Å². The number of amides is 1. The largest absolute Gasteiger partial charge is 0.488 e. The summed E-state index contributed by atoms with van der Waals surface area (Å²) in [5.74, 6) is -0.485. The molecule has 23 heavy (non-hydrogen) atoms. The first-order valence-corrected chi connectivity index (χ1v) is 7.28. The van der Waals surface area contributed by atoms with Gasteiger partial charge in [-0.15, -0.1) is 0 Å². The Morgan fingerprint density at radius 3 is 2.87 bits per heavy atom. The minimum atomic E-state index is -0.651. The lowest BCUT2D eigenvalue weighted by Crippen LogP contribution is -2.36. The molecule has 1 heterocycles. The van der Waals surface area contributed by atoms with E-state index in [1.807, 2.05) is 0 Å². The van der Waals surface area contributed by atoms with Crippen molar-refractivity contribution in [3.8, 4) is 5.75 Å². The van der Waals surface area contributed by atoms with Gasteiger partial charge in [0.25, 0.3) is 0 Å². The number of benzene rings is 1. The first-order valence-electron chi connectivity index (χ1n) is 7.28. The summed E-state index contributed by atoms with van der Waals surface area (Å²) in [5.41, 5.74) is 7.78. The SMILES string of the molecule is CC(C)(C)OC(=O)N1CCC(Oc2cccc(F)c2N=[N+]=[N-])C1. The van der Waals surface area contributed by atoms with Crippen molar-refractivity contribution in [1.82, 2.24) is 4.90 Å². The van der Waals surface area contributed by atoms with E-state index < -0.39 is 17.5 Å². The molecule has 2 rings (SSSR count). The summed E-state index contributed by atoms with van der Waals surface area (Å²) in [6.07, 6.45) is -0.124. The van der Waals surface area contributed by atoms with Gasteiger partial charge < -0.3 is 14.4 Å². The van der Waals surface area contributed by atoms with Crippen LogP contribution in [0.3, 0.4) is 0 Å². The number of azide groups is 1. The molecule has 1 atom stereocenters. The van der Waals surface area contributed by atoms with Crippen LogP contribution < -0.4 is 4.74 Å². The van der Waals surface area contributed by atoms with E-state index in [-0.39, 0.29) is 17.5 Å². The number of carbonyl (C=O) groups is 1. The maximum atomic E-state index is 13.7. The number of rotatable bonds is 3. The zero-order chi connectivity index (χ0) is 17.0. The van der Waals surface area contributed by atoms with Gasteiger partial charge in [0.2, 0.25) is 0 Å². The van der Waals surface area contributed by atoms with Gasteiger partial charge in [-0.25, -0.2) is 9.18 Å². The fraction of sp³-hybridized carbons (Fsp3) is 0.533. The van der Waals surface area contributed by atoms with Gasteiger partial charge >= 0.3 is 6.09 Å². The van der Waals surface area contributed by atoms with Crippen LogP contribution in [0.25, 0.3) is 10.4 Å². The number of hydrogen-bond acceptors (Lipinski definition) is 4. The van der Waals surface area contributed by atoms with E-state index in [4.69, 9.17) is 15.0 Å². The smallest absolute Gasteiger partial charge is 0.410 e. The Balaban J connectivity index is 2.03. The third-order valence-corrected chi connectivity index (χ3v) is 3.18. The molecule has 0 radical (unpaired) electrons. The third-order valence-electron chi connectivity index (χ3n) is 3.18. The Morgan fingerprint density at radius 1 is 1.48 bits per heavy atom. The fourth-order valence-corrected chi connectivity index (χ4v) is 2.23. The van der Waals surface area contributed by atoms with E-state index >= 15 is 0 Å². The molecule has 1 unspecified atom stereocenters. The summed E-state index contributed by atoms with van der Waals surface area (Å²) in [4.78, 5) is 16.2. The maximum absolute atomic E-state index is 13.7. The quantitative estimate of drug-likeness (QED) is 0.475. The highest BCUT2D eigenvalue weighted by molar-refractivity contribution is 5.68. The van der Waals surface area contributed by atoms with E-state index in [1.54, 1.807) is 25.7 Å². The molecule has 1 fully saturated rings. The molecule has 0 N–H and O–H groups in total. The van der Waals surface area contributed by atoms with E-state index in [9.17, 15) is 9.18 Å². The Labute approximate surface area is 133 Å². The van der Waals surface area contributed by atoms with Crippen molar-refractivity contribution < 1.29 is 18.7 Å². The van der Waals surface area contributed by atoms with Gasteiger partial charge in [0, 0.05) is 17.9 Å². The van der Waals surface area contributed by atoms with Crippen molar-refractivity contribution in [2.24, 2.45) is 5.11 Å². The van der Waals surface area contributed by atoms with Crippen LogP contribution in [-0.2, 0) is 4.74 Å². The second kappa shape index (κ2) is 6.75. The molecule has 1 aliphatic rings. The number of likely N-dealkylation sites (tertiary alicyclic amines) is 1. The number of nitrogens with zero attached hydrogens (tertiary/aromatic N) is 4. The van der Waals surface area contributed by atoms with E-state index in [1.165, 1.54) is 18.2 Å². The van der Waals surface area contributed by atoms with Crippen molar-refractivity contribution in [1.29, 1.82) is 0 Å². The lowest BCUT2D eigenvalue weighted by molar-refractivity contribution is 0.0276. The zero-order valence-electron chi connectivity index (χ0n) is 13.3. The van der Waals surface area contributed by atoms with E-state index in [0.29, 0.717) is 19.5 Å². The summed E-state index contributed by atoms with van der Waals surface area (Å²) in [7, 11) is 0. The minimum Gasteiger partial charge on any atom is -0.488 e. The van der Waals surface area contributed by atoms with Crippen LogP contribution in [-0.4, -0.2) is 35.8 Å². The summed E-state index contributed by atoms with van der Waals surface area (Å²) >= 11 is 0. The van der Waals surface area contributed by atoms with Crippen molar-refractivity contribution in [3.05, 3.63) is 34.5 Å². The molecule has 0 aromatic heterocycles. The predicted molar refractivity (Wildman–Crippen MR) is 82.0 cm³/mol. The van der Waals surface area contributed by atoms with Crippen LogP contribution in [0.15, 0.2) is 23.3 Å². The minimum absolute atomic E-state index is 0.166. The van der Waals surface area contributed by atoms with Crippen molar-refractivity contribution in [2.45, 2.75) is 38.9 Å².